The molecule has 2 unspecified atom stereocenters. The highest BCUT2D eigenvalue weighted by atomic mass is 19.4. The minimum atomic E-state index is -4.07. The lowest BCUT2D eigenvalue weighted by Gasteiger charge is -2.40. The Balaban J connectivity index is 1.74. The van der Waals surface area contributed by atoms with Crippen LogP contribution in [-0.2, 0) is 0 Å². The molecule has 1 aliphatic heterocycles. The summed E-state index contributed by atoms with van der Waals surface area (Å²) in [5.74, 6) is 0.660. The standard InChI is InChI=1S/C15H28F3N3/c1-2-19-14-6-4-3-5-13(14)11-20-7-9-21(10-8-20)12-15(16,17)18/h13-14,19H,2-12H2,1H3. The molecule has 1 saturated carbocycles. The van der Waals surface area contributed by atoms with Gasteiger partial charge in [-0.05, 0) is 25.3 Å². The minimum Gasteiger partial charge on any atom is -0.314 e. The van der Waals surface area contributed by atoms with Gasteiger partial charge in [0.1, 0.15) is 0 Å². The summed E-state index contributed by atoms with van der Waals surface area (Å²) in [5, 5.41) is 3.58. The molecule has 2 fully saturated rings. The van der Waals surface area contributed by atoms with Gasteiger partial charge in [-0.1, -0.05) is 19.8 Å². The third kappa shape index (κ3) is 5.75. The van der Waals surface area contributed by atoms with Crippen LogP contribution in [0.3, 0.4) is 0 Å². The predicted octanol–water partition coefficient (Wildman–Crippen LogP) is 2.33. The summed E-state index contributed by atoms with van der Waals surface area (Å²) in [5.41, 5.74) is 0. The second kappa shape index (κ2) is 7.79. The van der Waals surface area contributed by atoms with Gasteiger partial charge in [0.25, 0.3) is 0 Å². The smallest absolute Gasteiger partial charge is 0.314 e. The van der Waals surface area contributed by atoms with E-state index in [1.807, 2.05) is 0 Å². The predicted molar refractivity (Wildman–Crippen MR) is 78.4 cm³/mol. The number of hydrogen-bond acceptors (Lipinski definition) is 3. The summed E-state index contributed by atoms with van der Waals surface area (Å²) in [7, 11) is 0. The third-order valence-electron chi connectivity index (χ3n) is 4.74. The van der Waals surface area contributed by atoms with Crippen molar-refractivity contribution < 1.29 is 13.2 Å². The highest BCUT2D eigenvalue weighted by molar-refractivity contribution is 4.84. The molecule has 0 amide bonds. The van der Waals surface area contributed by atoms with E-state index in [0.717, 1.165) is 26.2 Å². The molecule has 2 aliphatic rings. The maximum Gasteiger partial charge on any atom is 0.401 e. The van der Waals surface area contributed by atoms with Gasteiger partial charge >= 0.3 is 6.18 Å². The first-order valence-electron chi connectivity index (χ1n) is 8.23. The number of alkyl halides is 3. The molecule has 2 atom stereocenters. The molecular weight excluding hydrogens is 279 g/mol. The first-order valence-corrected chi connectivity index (χ1v) is 8.23. The summed E-state index contributed by atoms with van der Waals surface area (Å²) >= 11 is 0. The molecule has 21 heavy (non-hydrogen) atoms. The minimum absolute atomic E-state index is 0.540. The van der Waals surface area contributed by atoms with Gasteiger partial charge in [0.2, 0.25) is 0 Å². The van der Waals surface area contributed by atoms with Crippen molar-refractivity contribution in [2.45, 2.75) is 44.8 Å². The number of nitrogens with one attached hydrogen (secondary N) is 1. The largest absolute Gasteiger partial charge is 0.401 e. The van der Waals surface area contributed by atoms with Crippen LogP contribution in [0.2, 0.25) is 0 Å². The second-order valence-corrected chi connectivity index (χ2v) is 6.40. The van der Waals surface area contributed by atoms with E-state index >= 15 is 0 Å². The number of halogens is 3. The van der Waals surface area contributed by atoms with E-state index in [1.54, 1.807) is 0 Å². The van der Waals surface area contributed by atoms with Gasteiger partial charge in [0.15, 0.2) is 0 Å². The highest BCUT2D eigenvalue weighted by Gasteiger charge is 2.33. The van der Waals surface area contributed by atoms with E-state index in [-0.39, 0.29) is 0 Å². The van der Waals surface area contributed by atoms with Crippen molar-refractivity contribution in [2.24, 2.45) is 5.92 Å². The first-order chi connectivity index (χ1) is 9.98. The zero-order chi connectivity index (χ0) is 15.3. The molecule has 124 valence electrons. The van der Waals surface area contributed by atoms with Gasteiger partial charge in [-0.3, -0.25) is 4.90 Å². The molecular formula is C15H28F3N3. The Bertz CT molecular complexity index is 299. The zero-order valence-electron chi connectivity index (χ0n) is 13.0. The highest BCUT2D eigenvalue weighted by Crippen LogP contribution is 2.26. The van der Waals surface area contributed by atoms with Crippen LogP contribution in [0, 0.1) is 5.92 Å². The maximum absolute atomic E-state index is 12.4. The molecule has 0 radical (unpaired) electrons. The van der Waals surface area contributed by atoms with E-state index in [9.17, 15) is 13.2 Å². The first kappa shape index (κ1) is 17.0. The molecule has 0 aromatic rings. The summed E-state index contributed by atoms with van der Waals surface area (Å²) in [6, 6.07) is 0.594. The quantitative estimate of drug-likeness (QED) is 0.841. The second-order valence-electron chi connectivity index (χ2n) is 6.40. The van der Waals surface area contributed by atoms with Gasteiger partial charge in [-0.25, -0.2) is 0 Å². The Morgan fingerprint density at radius 2 is 1.62 bits per heavy atom. The maximum atomic E-state index is 12.4. The van der Waals surface area contributed by atoms with E-state index < -0.39 is 12.7 Å². The molecule has 1 saturated heterocycles. The molecule has 2 rings (SSSR count). The SMILES string of the molecule is CCNC1CCCCC1CN1CCN(CC(F)(F)F)CC1. The van der Waals surface area contributed by atoms with Gasteiger partial charge in [-0.15, -0.1) is 0 Å². The van der Waals surface area contributed by atoms with E-state index in [1.165, 1.54) is 30.6 Å². The Morgan fingerprint density at radius 1 is 1.00 bits per heavy atom. The third-order valence-corrected chi connectivity index (χ3v) is 4.74. The Hall–Kier alpha value is -0.330. The molecule has 0 bridgehead atoms. The summed E-state index contributed by atoms with van der Waals surface area (Å²) in [6.07, 6.45) is 1.02. The fraction of sp³-hybridized carbons (Fsp3) is 1.00. The van der Waals surface area contributed by atoms with Crippen LogP contribution in [-0.4, -0.2) is 67.8 Å². The van der Waals surface area contributed by atoms with Crippen molar-refractivity contribution in [3.8, 4) is 0 Å². The van der Waals surface area contributed by atoms with E-state index in [0.29, 0.717) is 25.0 Å². The zero-order valence-corrected chi connectivity index (χ0v) is 13.0. The van der Waals surface area contributed by atoms with Crippen molar-refractivity contribution in [1.29, 1.82) is 0 Å². The monoisotopic (exact) mass is 307 g/mol. The van der Waals surface area contributed by atoms with Crippen LogP contribution in [0.4, 0.5) is 13.2 Å². The average Bonchev–Trinajstić information content (AvgIpc) is 2.42. The Morgan fingerprint density at radius 3 is 2.24 bits per heavy atom. The molecule has 0 spiro atoms. The number of piperazine rings is 1. The summed E-state index contributed by atoms with van der Waals surface area (Å²) in [6.45, 7) is 6.04. The number of rotatable bonds is 5. The Labute approximate surface area is 125 Å². The lowest BCUT2D eigenvalue weighted by molar-refractivity contribution is -0.149. The summed E-state index contributed by atoms with van der Waals surface area (Å²) in [4.78, 5) is 3.88. The summed E-state index contributed by atoms with van der Waals surface area (Å²) < 4.78 is 37.1. The molecule has 0 aromatic carbocycles. The normalized spacial score (nSPS) is 29.7. The molecule has 1 N–H and O–H groups in total. The lowest BCUT2D eigenvalue weighted by atomic mass is 9.84. The topological polar surface area (TPSA) is 18.5 Å². The van der Waals surface area contributed by atoms with Crippen LogP contribution in [0.25, 0.3) is 0 Å². The van der Waals surface area contributed by atoms with Crippen molar-refractivity contribution >= 4 is 0 Å². The van der Waals surface area contributed by atoms with E-state index in [4.69, 9.17) is 0 Å². The number of hydrogen-bond donors (Lipinski definition) is 1. The fourth-order valence-electron chi connectivity index (χ4n) is 3.67. The molecule has 0 aromatic heterocycles. The van der Waals surface area contributed by atoms with Gasteiger partial charge in [0.05, 0.1) is 6.54 Å². The van der Waals surface area contributed by atoms with Crippen LogP contribution in [0.15, 0.2) is 0 Å². The van der Waals surface area contributed by atoms with Gasteiger partial charge in [0, 0.05) is 38.8 Å². The van der Waals surface area contributed by atoms with Crippen LogP contribution in [0.5, 0.6) is 0 Å². The van der Waals surface area contributed by atoms with Gasteiger partial charge < -0.3 is 10.2 Å². The molecule has 6 heteroatoms. The van der Waals surface area contributed by atoms with Crippen LogP contribution >= 0.6 is 0 Å². The van der Waals surface area contributed by atoms with Crippen molar-refractivity contribution in [3.63, 3.8) is 0 Å². The Kier molecular flexibility index (Phi) is 6.32. The molecule has 1 heterocycles. The molecule has 1 aliphatic carbocycles. The van der Waals surface area contributed by atoms with Crippen molar-refractivity contribution in [3.05, 3.63) is 0 Å². The fourth-order valence-corrected chi connectivity index (χ4v) is 3.67. The van der Waals surface area contributed by atoms with Crippen molar-refractivity contribution in [1.82, 2.24) is 15.1 Å². The average molecular weight is 307 g/mol. The lowest BCUT2D eigenvalue weighted by Crippen LogP contribution is -2.52. The molecule has 3 nitrogen and oxygen atoms in total. The van der Waals surface area contributed by atoms with Crippen molar-refractivity contribution in [2.75, 3.05) is 45.8 Å². The van der Waals surface area contributed by atoms with Gasteiger partial charge in [-0.2, -0.15) is 13.2 Å². The van der Waals surface area contributed by atoms with Crippen LogP contribution in [0.1, 0.15) is 32.6 Å². The number of nitrogens with zero attached hydrogens (tertiary/aromatic N) is 2. The van der Waals surface area contributed by atoms with Crippen LogP contribution < -0.4 is 5.32 Å². The van der Waals surface area contributed by atoms with E-state index in [2.05, 4.69) is 17.1 Å².